The lowest BCUT2D eigenvalue weighted by Crippen LogP contribution is -2.42. The zero-order valence-electron chi connectivity index (χ0n) is 18.5. The van der Waals surface area contributed by atoms with Gasteiger partial charge in [0.1, 0.15) is 10.7 Å². The number of anilines is 2. The van der Waals surface area contributed by atoms with Gasteiger partial charge in [0.05, 0.1) is 28.1 Å². The van der Waals surface area contributed by atoms with Crippen LogP contribution in [0.15, 0.2) is 29.2 Å². The number of ether oxygens (including phenoxy) is 1. The predicted molar refractivity (Wildman–Crippen MR) is 124 cm³/mol. The third kappa shape index (κ3) is 4.12. The molecule has 0 aliphatic carbocycles. The zero-order valence-corrected chi connectivity index (χ0v) is 19.3. The van der Waals surface area contributed by atoms with Crippen LogP contribution < -0.4 is 10.2 Å². The van der Waals surface area contributed by atoms with E-state index in [0.29, 0.717) is 17.4 Å². The SMILES string of the molecule is CC1(c2ccc(C#N)cc2)CCN(c2nc3c(c(NC4CCOCC4)n2)S(=O)CC3)CC1. The summed E-state index contributed by atoms with van der Waals surface area (Å²) in [4.78, 5) is 12.8. The predicted octanol–water partition coefficient (Wildman–Crippen LogP) is 3.16. The van der Waals surface area contributed by atoms with Crippen molar-refractivity contribution in [2.24, 2.45) is 0 Å². The van der Waals surface area contributed by atoms with E-state index in [1.165, 1.54) is 5.56 Å². The van der Waals surface area contributed by atoms with Crippen molar-refractivity contribution in [1.29, 1.82) is 5.26 Å². The monoisotopic (exact) mass is 451 g/mol. The highest BCUT2D eigenvalue weighted by molar-refractivity contribution is 7.85. The molecule has 1 aromatic carbocycles. The number of benzene rings is 1. The molecule has 1 unspecified atom stereocenters. The highest BCUT2D eigenvalue weighted by atomic mass is 32.2. The topological polar surface area (TPSA) is 91.1 Å². The van der Waals surface area contributed by atoms with Crippen LogP contribution >= 0.6 is 0 Å². The summed E-state index contributed by atoms with van der Waals surface area (Å²) in [5.74, 6) is 2.14. The first kappa shape index (κ1) is 21.4. The molecule has 2 aromatic rings. The van der Waals surface area contributed by atoms with Gasteiger partial charge in [-0.3, -0.25) is 4.21 Å². The van der Waals surface area contributed by atoms with Crippen molar-refractivity contribution in [2.75, 3.05) is 42.3 Å². The summed E-state index contributed by atoms with van der Waals surface area (Å²) < 4.78 is 18.1. The maximum Gasteiger partial charge on any atom is 0.227 e. The van der Waals surface area contributed by atoms with E-state index in [-0.39, 0.29) is 5.41 Å². The molecule has 4 heterocycles. The van der Waals surface area contributed by atoms with Gasteiger partial charge in [0.25, 0.3) is 0 Å². The molecular formula is C24H29N5O2S. The van der Waals surface area contributed by atoms with Gasteiger partial charge in [-0.25, -0.2) is 4.98 Å². The van der Waals surface area contributed by atoms with E-state index in [1.807, 2.05) is 12.1 Å². The molecule has 3 aliphatic heterocycles. The first-order valence-corrected chi connectivity index (χ1v) is 12.8. The summed E-state index contributed by atoms with van der Waals surface area (Å²) in [6.07, 6.45) is 4.61. The van der Waals surface area contributed by atoms with E-state index in [1.54, 1.807) is 0 Å². The van der Waals surface area contributed by atoms with Crippen molar-refractivity contribution in [2.45, 2.75) is 55.4 Å². The van der Waals surface area contributed by atoms with Crippen LogP contribution in [0.4, 0.5) is 11.8 Å². The molecule has 1 aromatic heterocycles. The molecule has 3 aliphatic rings. The number of rotatable bonds is 4. The Morgan fingerprint density at radius 1 is 1.19 bits per heavy atom. The fourth-order valence-corrected chi connectivity index (χ4v) is 6.21. The Morgan fingerprint density at radius 3 is 2.59 bits per heavy atom. The summed E-state index contributed by atoms with van der Waals surface area (Å²) in [6.45, 7) is 5.54. The zero-order chi connectivity index (χ0) is 22.1. The van der Waals surface area contributed by atoms with E-state index >= 15 is 0 Å². The van der Waals surface area contributed by atoms with Crippen LogP contribution in [0.1, 0.15) is 49.4 Å². The van der Waals surface area contributed by atoms with Crippen LogP contribution in [-0.4, -0.2) is 52.3 Å². The second kappa shape index (κ2) is 8.80. The molecule has 168 valence electrons. The molecule has 0 bridgehead atoms. The van der Waals surface area contributed by atoms with E-state index in [9.17, 15) is 4.21 Å². The van der Waals surface area contributed by atoms with Crippen molar-refractivity contribution >= 4 is 22.6 Å². The van der Waals surface area contributed by atoms with Gasteiger partial charge < -0.3 is 15.0 Å². The number of piperidine rings is 1. The van der Waals surface area contributed by atoms with Crippen molar-refractivity contribution < 1.29 is 8.95 Å². The number of nitrogens with one attached hydrogen (secondary N) is 1. The third-order valence-corrected chi connectivity index (χ3v) is 8.56. The quantitative estimate of drug-likeness (QED) is 0.763. The normalized spacial score (nSPS) is 22.9. The maximum atomic E-state index is 12.6. The van der Waals surface area contributed by atoms with Crippen LogP contribution in [0.3, 0.4) is 0 Å². The van der Waals surface area contributed by atoms with E-state index in [0.717, 1.165) is 80.8 Å². The first-order valence-electron chi connectivity index (χ1n) is 11.4. The Kier molecular flexibility index (Phi) is 5.87. The minimum atomic E-state index is -1.03. The standard InChI is InChI=1S/C24H29N5O2S/c1-24(18-4-2-17(16-25)3-5-18)9-11-29(12-10-24)23-27-20-8-15-32(30)21(20)22(28-23)26-19-6-13-31-14-7-19/h2-5,19H,6-15H2,1H3,(H,26,27,28). The number of hydrogen-bond acceptors (Lipinski definition) is 7. The summed E-state index contributed by atoms with van der Waals surface area (Å²) in [5.41, 5.74) is 2.99. The molecule has 2 fully saturated rings. The van der Waals surface area contributed by atoms with Gasteiger partial charge in [-0.05, 0) is 48.8 Å². The Labute approximate surface area is 191 Å². The summed E-state index contributed by atoms with van der Waals surface area (Å²) in [6, 6.07) is 10.5. The van der Waals surface area contributed by atoms with Crippen molar-refractivity contribution in [3.05, 3.63) is 41.1 Å². The van der Waals surface area contributed by atoms with Crippen molar-refractivity contribution in [3.63, 3.8) is 0 Å². The second-order valence-corrected chi connectivity index (χ2v) is 10.7. The van der Waals surface area contributed by atoms with Gasteiger partial charge in [-0.2, -0.15) is 10.2 Å². The molecule has 0 amide bonds. The highest BCUT2D eigenvalue weighted by Gasteiger charge is 2.34. The fourth-order valence-electron chi connectivity index (χ4n) is 4.89. The molecule has 8 heteroatoms. The van der Waals surface area contributed by atoms with Gasteiger partial charge in [0, 0.05) is 44.5 Å². The number of nitrogens with zero attached hydrogens (tertiary/aromatic N) is 4. The molecule has 1 atom stereocenters. The molecule has 7 nitrogen and oxygen atoms in total. The van der Waals surface area contributed by atoms with Crippen LogP contribution in [0.5, 0.6) is 0 Å². The van der Waals surface area contributed by atoms with Gasteiger partial charge in [0.2, 0.25) is 5.95 Å². The molecule has 1 N–H and O–H groups in total. The lowest BCUT2D eigenvalue weighted by atomic mass is 9.74. The average Bonchev–Trinajstić information content (AvgIpc) is 3.21. The van der Waals surface area contributed by atoms with Crippen molar-refractivity contribution in [1.82, 2.24) is 9.97 Å². The van der Waals surface area contributed by atoms with E-state index in [4.69, 9.17) is 20.0 Å². The molecule has 2 saturated heterocycles. The van der Waals surface area contributed by atoms with Crippen molar-refractivity contribution in [3.8, 4) is 6.07 Å². The second-order valence-electron chi connectivity index (χ2n) is 9.22. The molecular weight excluding hydrogens is 422 g/mol. The fraction of sp³-hybridized carbons (Fsp3) is 0.542. The first-order chi connectivity index (χ1) is 15.6. The van der Waals surface area contributed by atoms with Gasteiger partial charge >= 0.3 is 0 Å². The summed E-state index contributed by atoms with van der Waals surface area (Å²) in [5, 5.41) is 12.6. The Morgan fingerprint density at radius 2 is 1.91 bits per heavy atom. The number of nitriles is 1. The number of aromatic nitrogens is 2. The smallest absolute Gasteiger partial charge is 0.227 e. The molecule has 0 spiro atoms. The van der Waals surface area contributed by atoms with E-state index < -0.39 is 10.8 Å². The highest BCUT2D eigenvalue weighted by Crippen LogP contribution is 2.37. The third-order valence-electron chi connectivity index (χ3n) is 7.10. The van der Waals surface area contributed by atoms with E-state index in [2.05, 4.69) is 35.3 Å². The average molecular weight is 452 g/mol. The van der Waals surface area contributed by atoms with Crippen LogP contribution in [0.25, 0.3) is 0 Å². The Bertz CT molecular complexity index is 1050. The largest absolute Gasteiger partial charge is 0.381 e. The van der Waals surface area contributed by atoms with Gasteiger partial charge in [0.15, 0.2) is 0 Å². The number of hydrogen-bond donors (Lipinski definition) is 1. The molecule has 0 saturated carbocycles. The molecule has 5 rings (SSSR count). The van der Waals surface area contributed by atoms with Crippen LogP contribution in [0, 0.1) is 11.3 Å². The maximum absolute atomic E-state index is 12.6. The van der Waals surface area contributed by atoms with Crippen LogP contribution in [0.2, 0.25) is 0 Å². The lowest BCUT2D eigenvalue weighted by Gasteiger charge is -2.40. The Balaban J connectivity index is 1.35. The van der Waals surface area contributed by atoms with Gasteiger partial charge in [-0.1, -0.05) is 19.1 Å². The lowest BCUT2D eigenvalue weighted by molar-refractivity contribution is 0.0903. The minimum Gasteiger partial charge on any atom is -0.381 e. The van der Waals surface area contributed by atoms with Crippen LogP contribution in [-0.2, 0) is 27.4 Å². The molecule has 32 heavy (non-hydrogen) atoms. The summed E-state index contributed by atoms with van der Waals surface area (Å²) in [7, 11) is -1.03. The number of aryl methyl sites for hydroxylation is 1. The number of fused-ring (bicyclic) bond motifs is 1. The molecule has 0 radical (unpaired) electrons. The minimum absolute atomic E-state index is 0.0753. The Hall–Kier alpha value is -2.50. The summed E-state index contributed by atoms with van der Waals surface area (Å²) >= 11 is 0. The van der Waals surface area contributed by atoms with Gasteiger partial charge in [-0.15, -0.1) is 0 Å².